The Balaban J connectivity index is 2.51. The van der Waals surface area contributed by atoms with Crippen molar-refractivity contribution in [3.05, 3.63) is 29.3 Å². The van der Waals surface area contributed by atoms with Crippen molar-refractivity contribution in [2.45, 2.75) is 45.3 Å². The SMILES string of the molecule is CCC(O)(CC)CNC(=O)C(C)Oc1cccc(Cl)c1. The third-order valence-electron chi connectivity index (χ3n) is 3.39. The molecule has 1 rings (SSSR count). The Hall–Kier alpha value is -1.26. The molecule has 0 fully saturated rings. The summed E-state index contributed by atoms with van der Waals surface area (Å²) >= 11 is 5.85. The Morgan fingerprint density at radius 1 is 1.45 bits per heavy atom. The molecule has 0 aliphatic carbocycles. The second kappa shape index (κ2) is 7.50. The number of amides is 1. The van der Waals surface area contributed by atoms with Crippen molar-refractivity contribution in [1.82, 2.24) is 5.32 Å². The molecule has 5 heteroatoms. The fourth-order valence-corrected chi connectivity index (χ4v) is 1.87. The Bertz CT molecular complexity index is 446. The summed E-state index contributed by atoms with van der Waals surface area (Å²) in [4.78, 5) is 11.9. The molecule has 0 spiro atoms. The number of rotatable bonds is 7. The van der Waals surface area contributed by atoms with E-state index in [1.807, 2.05) is 13.8 Å². The minimum atomic E-state index is -0.856. The van der Waals surface area contributed by atoms with Gasteiger partial charge in [0.05, 0.1) is 5.60 Å². The zero-order chi connectivity index (χ0) is 15.2. The van der Waals surface area contributed by atoms with Gasteiger partial charge in [0.1, 0.15) is 5.75 Å². The molecule has 0 radical (unpaired) electrons. The molecule has 0 saturated carbocycles. The number of ether oxygens (including phenoxy) is 1. The molecular formula is C15H22ClNO3. The van der Waals surface area contributed by atoms with Gasteiger partial charge in [-0.25, -0.2) is 0 Å². The topological polar surface area (TPSA) is 58.6 Å². The van der Waals surface area contributed by atoms with E-state index in [2.05, 4.69) is 5.32 Å². The zero-order valence-corrected chi connectivity index (χ0v) is 12.9. The molecule has 0 aliphatic rings. The minimum Gasteiger partial charge on any atom is -0.481 e. The van der Waals surface area contributed by atoms with E-state index in [1.165, 1.54) is 0 Å². The van der Waals surface area contributed by atoms with Gasteiger partial charge in [-0.1, -0.05) is 31.5 Å². The quantitative estimate of drug-likeness (QED) is 0.814. The number of aliphatic hydroxyl groups is 1. The first-order chi connectivity index (χ1) is 9.40. The summed E-state index contributed by atoms with van der Waals surface area (Å²) in [6, 6.07) is 6.89. The average Bonchev–Trinajstić information content (AvgIpc) is 2.44. The van der Waals surface area contributed by atoms with E-state index in [1.54, 1.807) is 31.2 Å². The van der Waals surface area contributed by atoms with Crippen LogP contribution in [0.2, 0.25) is 5.02 Å². The smallest absolute Gasteiger partial charge is 0.260 e. The Labute approximate surface area is 125 Å². The number of halogens is 1. The normalized spacial score (nSPS) is 12.8. The summed E-state index contributed by atoms with van der Waals surface area (Å²) in [5.74, 6) is 0.284. The van der Waals surface area contributed by atoms with Crippen molar-refractivity contribution in [2.24, 2.45) is 0 Å². The first-order valence-corrected chi connectivity index (χ1v) is 7.20. The van der Waals surface area contributed by atoms with Crippen molar-refractivity contribution in [2.75, 3.05) is 6.54 Å². The van der Waals surface area contributed by atoms with Crippen LogP contribution in [0.4, 0.5) is 0 Å². The van der Waals surface area contributed by atoms with Crippen LogP contribution in [0.15, 0.2) is 24.3 Å². The Morgan fingerprint density at radius 3 is 2.65 bits per heavy atom. The molecule has 0 heterocycles. The van der Waals surface area contributed by atoms with Gasteiger partial charge in [0.15, 0.2) is 6.10 Å². The summed E-state index contributed by atoms with van der Waals surface area (Å²) < 4.78 is 5.51. The predicted octanol–water partition coefficient (Wildman–Crippen LogP) is 2.77. The first-order valence-electron chi connectivity index (χ1n) is 6.82. The third kappa shape index (κ3) is 5.02. The molecule has 112 valence electrons. The number of carbonyl (C=O) groups is 1. The summed E-state index contributed by atoms with van der Waals surface area (Å²) in [6.07, 6.45) is 0.534. The lowest BCUT2D eigenvalue weighted by molar-refractivity contribution is -0.128. The first kappa shape index (κ1) is 16.8. The van der Waals surface area contributed by atoms with Gasteiger partial charge in [-0.2, -0.15) is 0 Å². The standard InChI is InChI=1S/C15H22ClNO3/c1-4-15(19,5-2)10-17-14(18)11(3)20-13-8-6-7-12(16)9-13/h6-9,11,19H,4-5,10H2,1-3H3,(H,17,18). The van der Waals surface area contributed by atoms with Crippen molar-refractivity contribution >= 4 is 17.5 Å². The maximum absolute atomic E-state index is 11.9. The number of carbonyl (C=O) groups excluding carboxylic acids is 1. The summed E-state index contributed by atoms with van der Waals surface area (Å²) in [5.41, 5.74) is -0.856. The number of nitrogens with one attached hydrogen (secondary N) is 1. The molecule has 0 aromatic heterocycles. The molecule has 4 nitrogen and oxygen atoms in total. The van der Waals surface area contributed by atoms with Gasteiger partial charge in [-0.15, -0.1) is 0 Å². The maximum atomic E-state index is 11.9. The van der Waals surface area contributed by atoms with Gasteiger partial charge in [-0.05, 0) is 38.0 Å². The van der Waals surface area contributed by atoms with Gasteiger partial charge >= 0.3 is 0 Å². The van der Waals surface area contributed by atoms with Crippen molar-refractivity contribution in [1.29, 1.82) is 0 Å². The summed E-state index contributed by atoms with van der Waals surface area (Å²) in [5, 5.41) is 13.4. The number of hydrogen-bond acceptors (Lipinski definition) is 3. The van der Waals surface area contributed by atoms with Crippen LogP contribution in [0, 0.1) is 0 Å². The monoisotopic (exact) mass is 299 g/mol. The summed E-state index contributed by atoms with van der Waals surface area (Å²) in [7, 11) is 0. The highest BCUT2D eigenvalue weighted by Gasteiger charge is 2.24. The highest BCUT2D eigenvalue weighted by molar-refractivity contribution is 6.30. The lowest BCUT2D eigenvalue weighted by atomic mass is 9.97. The number of benzene rings is 1. The van der Waals surface area contributed by atoms with Gasteiger partial charge in [0.25, 0.3) is 5.91 Å². The molecule has 1 amide bonds. The van der Waals surface area contributed by atoms with Crippen molar-refractivity contribution in [3.8, 4) is 5.75 Å². The Morgan fingerprint density at radius 2 is 2.10 bits per heavy atom. The molecule has 0 bridgehead atoms. The lowest BCUT2D eigenvalue weighted by Gasteiger charge is -2.26. The third-order valence-corrected chi connectivity index (χ3v) is 3.62. The molecule has 1 aromatic rings. The molecular weight excluding hydrogens is 278 g/mol. The maximum Gasteiger partial charge on any atom is 0.260 e. The molecule has 0 aliphatic heterocycles. The van der Waals surface area contributed by atoms with Crippen LogP contribution in [0.5, 0.6) is 5.75 Å². The molecule has 1 aromatic carbocycles. The fourth-order valence-electron chi connectivity index (χ4n) is 1.69. The highest BCUT2D eigenvalue weighted by Crippen LogP contribution is 2.18. The minimum absolute atomic E-state index is 0.224. The van der Waals surface area contributed by atoms with E-state index in [4.69, 9.17) is 16.3 Å². The van der Waals surface area contributed by atoms with Crippen LogP contribution in [0.25, 0.3) is 0 Å². The van der Waals surface area contributed by atoms with Gasteiger partial charge in [0, 0.05) is 11.6 Å². The predicted molar refractivity (Wildman–Crippen MR) is 80.1 cm³/mol. The van der Waals surface area contributed by atoms with E-state index in [0.29, 0.717) is 23.6 Å². The molecule has 20 heavy (non-hydrogen) atoms. The largest absolute Gasteiger partial charge is 0.481 e. The fraction of sp³-hybridized carbons (Fsp3) is 0.533. The van der Waals surface area contributed by atoms with Gasteiger partial charge in [-0.3, -0.25) is 4.79 Å². The van der Waals surface area contributed by atoms with E-state index in [-0.39, 0.29) is 12.5 Å². The van der Waals surface area contributed by atoms with E-state index in [0.717, 1.165) is 0 Å². The highest BCUT2D eigenvalue weighted by atomic mass is 35.5. The zero-order valence-electron chi connectivity index (χ0n) is 12.1. The van der Waals surface area contributed by atoms with Gasteiger partial charge < -0.3 is 15.2 Å². The van der Waals surface area contributed by atoms with Crippen LogP contribution < -0.4 is 10.1 Å². The van der Waals surface area contributed by atoms with Crippen LogP contribution in [0.1, 0.15) is 33.6 Å². The van der Waals surface area contributed by atoms with Crippen LogP contribution in [0.3, 0.4) is 0 Å². The molecule has 1 atom stereocenters. The summed E-state index contributed by atoms with van der Waals surface area (Å²) in [6.45, 7) is 5.67. The van der Waals surface area contributed by atoms with E-state index < -0.39 is 11.7 Å². The van der Waals surface area contributed by atoms with Crippen LogP contribution in [-0.4, -0.2) is 29.3 Å². The average molecular weight is 300 g/mol. The van der Waals surface area contributed by atoms with Crippen molar-refractivity contribution in [3.63, 3.8) is 0 Å². The second-order valence-corrected chi connectivity index (χ2v) is 5.30. The molecule has 2 N–H and O–H groups in total. The second-order valence-electron chi connectivity index (χ2n) is 4.87. The van der Waals surface area contributed by atoms with Crippen molar-refractivity contribution < 1.29 is 14.6 Å². The lowest BCUT2D eigenvalue weighted by Crippen LogP contribution is -2.46. The van der Waals surface area contributed by atoms with Crippen LogP contribution >= 0.6 is 11.6 Å². The van der Waals surface area contributed by atoms with E-state index in [9.17, 15) is 9.90 Å². The van der Waals surface area contributed by atoms with Gasteiger partial charge in [0.2, 0.25) is 0 Å². The Kier molecular flexibility index (Phi) is 6.30. The molecule has 1 unspecified atom stereocenters. The molecule has 0 saturated heterocycles. The van der Waals surface area contributed by atoms with Crippen LogP contribution in [-0.2, 0) is 4.79 Å². The van der Waals surface area contributed by atoms with E-state index >= 15 is 0 Å². The number of hydrogen-bond donors (Lipinski definition) is 2.